The van der Waals surface area contributed by atoms with Crippen LogP contribution in [0.2, 0.25) is 0 Å². The van der Waals surface area contributed by atoms with Gasteiger partial charge in [0.05, 0.1) is 6.61 Å². The lowest BCUT2D eigenvalue weighted by Gasteiger charge is -2.36. The minimum absolute atomic E-state index is 0.581. The third-order valence-electron chi connectivity index (χ3n) is 1.82. The average Bonchev–Trinajstić information content (AvgIpc) is 2.08. The normalized spacial score (nSPS) is 49.2. The first-order chi connectivity index (χ1) is 5.57. The molecule has 0 bridgehead atoms. The highest BCUT2D eigenvalue weighted by Crippen LogP contribution is 2.21. The van der Waals surface area contributed by atoms with Crippen molar-refractivity contribution in [3.8, 4) is 0 Å². The summed E-state index contributed by atoms with van der Waals surface area (Å²) in [6.45, 7) is -0.581. The fraction of sp³-hybridized carbons (Fsp3) is 1.00. The summed E-state index contributed by atoms with van der Waals surface area (Å²) < 4.78 is 17.1. The summed E-state index contributed by atoms with van der Waals surface area (Å²) in [5.74, 6) is 0. The zero-order valence-corrected chi connectivity index (χ0v) is 6.17. The lowest BCUT2D eigenvalue weighted by Crippen LogP contribution is -2.56. The molecule has 5 unspecified atom stereocenters. The number of hydrogen-bond acceptors (Lipinski definition) is 5. The van der Waals surface area contributed by atoms with Crippen molar-refractivity contribution in [2.75, 3.05) is 6.61 Å². The Morgan fingerprint density at radius 3 is 2.25 bits per heavy atom. The maximum Gasteiger partial charge on any atom is 0.189 e. The molecule has 1 saturated heterocycles. The molecule has 4 N–H and O–H groups in total. The summed E-state index contributed by atoms with van der Waals surface area (Å²) in [7, 11) is 0. The molecule has 12 heavy (non-hydrogen) atoms. The summed E-state index contributed by atoms with van der Waals surface area (Å²) in [4.78, 5) is 0. The second-order valence-corrected chi connectivity index (χ2v) is 2.67. The molecular weight excluding hydrogens is 171 g/mol. The van der Waals surface area contributed by atoms with E-state index in [9.17, 15) is 4.39 Å². The van der Waals surface area contributed by atoms with E-state index in [0.29, 0.717) is 0 Å². The molecule has 5 atom stereocenters. The van der Waals surface area contributed by atoms with Gasteiger partial charge in [-0.1, -0.05) is 0 Å². The highest BCUT2D eigenvalue weighted by atomic mass is 19.1. The van der Waals surface area contributed by atoms with Crippen LogP contribution in [0.1, 0.15) is 0 Å². The third-order valence-corrected chi connectivity index (χ3v) is 1.82. The van der Waals surface area contributed by atoms with Crippen LogP contribution >= 0.6 is 0 Å². The van der Waals surface area contributed by atoms with Crippen molar-refractivity contribution in [2.24, 2.45) is 0 Å². The molecule has 0 saturated carbocycles. The first-order valence-corrected chi connectivity index (χ1v) is 3.52. The van der Waals surface area contributed by atoms with Gasteiger partial charge in [0.25, 0.3) is 0 Å². The second kappa shape index (κ2) is 3.63. The number of alkyl halides is 1. The molecule has 0 aromatic carbocycles. The summed E-state index contributed by atoms with van der Waals surface area (Å²) in [5.41, 5.74) is 0. The molecule has 0 amide bonds. The van der Waals surface area contributed by atoms with E-state index >= 15 is 0 Å². The molecule has 1 heterocycles. The van der Waals surface area contributed by atoms with E-state index < -0.39 is 37.4 Å². The van der Waals surface area contributed by atoms with E-state index in [4.69, 9.17) is 20.4 Å². The minimum atomic E-state index is -2.04. The molecule has 72 valence electrons. The topological polar surface area (TPSA) is 90.2 Å². The molecule has 1 aliphatic heterocycles. The number of aliphatic hydroxyl groups is 4. The highest BCUT2D eigenvalue weighted by Gasteiger charge is 2.43. The molecule has 0 spiro atoms. The van der Waals surface area contributed by atoms with Crippen molar-refractivity contribution in [2.45, 2.75) is 30.8 Å². The van der Waals surface area contributed by atoms with Crippen LogP contribution in [0.25, 0.3) is 0 Å². The Labute approximate surface area is 68.0 Å². The second-order valence-electron chi connectivity index (χ2n) is 2.67. The quantitative estimate of drug-likeness (QED) is 0.368. The number of halogens is 1. The molecular formula is C6H11FO5. The maximum absolute atomic E-state index is 12.7. The van der Waals surface area contributed by atoms with Crippen LogP contribution in [0, 0.1) is 0 Å². The first-order valence-electron chi connectivity index (χ1n) is 3.52. The predicted molar refractivity (Wildman–Crippen MR) is 34.9 cm³/mol. The van der Waals surface area contributed by atoms with Gasteiger partial charge in [0.2, 0.25) is 0 Å². The van der Waals surface area contributed by atoms with Gasteiger partial charge in [-0.15, -0.1) is 0 Å². The average molecular weight is 182 g/mol. The van der Waals surface area contributed by atoms with Crippen LogP contribution in [0.3, 0.4) is 0 Å². The Hall–Kier alpha value is -0.270. The molecule has 5 nitrogen and oxygen atoms in total. The van der Waals surface area contributed by atoms with Gasteiger partial charge in [0, 0.05) is 0 Å². The van der Waals surface area contributed by atoms with Crippen LogP contribution in [-0.2, 0) is 4.74 Å². The van der Waals surface area contributed by atoms with Crippen LogP contribution in [0.15, 0.2) is 0 Å². The smallest absolute Gasteiger partial charge is 0.189 e. The number of ether oxygens (including phenoxy) is 1. The van der Waals surface area contributed by atoms with Crippen LogP contribution < -0.4 is 0 Å². The molecule has 0 aliphatic carbocycles. The molecule has 6 heteroatoms. The summed E-state index contributed by atoms with van der Waals surface area (Å²) >= 11 is 0. The lowest BCUT2D eigenvalue weighted by atomic mass is 10.0. The van der Waals surface area contributed by atoms with E-state index in [0.717, 1.165) is 0 Å². The fourth-order valence-corrected chi connectivity index (χ4v) is 1.06. The Balaban J connectivity index is 2.63. The number of rotatable bonds is 1. The van der Waals surface area contributed by atoms with Crippen molar-refractivity contribution in [1.82, 2.24) is 0 Å². The van der Waals surface area contributed by atoms with Gasteiger partial charge in [-0.25, -0.2) is 4.39 Å². The Morgan fingerprint density at radius 2 is 1.75 bits per heavy atom. The molecule has 1 fully saturated rings. The van der Waals surface area contributed by atoms with Gasteiger partial charge in [-0.2, -0.15) is 0 Å². The first kappa shape index (κ1) is 9.82. The number of hydrogen-bond donors (Lipinski definition) is 4. The SMILES string of the molecule is OCC1OC(O)C(F)C(O)C1O. The van der Waals surface area contributed by atoms with Crippen LogP contribution in [0.5, 0.6) is 0 Å². The van der Waals surface area contributed by atoms with Crippen molar-refractivity contribution in [3.63, 3.8) is 0 Å². The van der Waals surface area contributed by atoms with E-state index in [1.54, 1.807) is 0 Å². The predicted octanol–water partition coefficient (Wildman–Crippen LogP) is -2.24. The van der Waals surface area contributed by atoms with Crippen LogP contribution in [-0.4, -0.2) is 57.8 Å². The van der Waals surface area contributed by atoms with Gasteiger partial charge < -0.3 is 25.2 Å². The largest absolute Gasteiger partial charge is 0.394 e. The van der Waals surface area contributed by atoms with Gasteiger partial charge in [-0.05, 0) is 0 Å². The van der Waals surface area contributed by atoms with Crippen molar-refractivity contribution in [1.29, 1.82) is 0 Å². The zero-order chi connectivity index (χ0) is 9.30. The van der Waals surface area contributed by atoms with Crippen molar-refractivity contribution < 1.29 is 29.6 Å². The highest BCUT2D eigenvalue weighted by molar-refractivity contribution is 4.88. The minimum Gasteiger partial charge on any atom is -0.394 e. The third kappa shape index (κ3) is 1.57. The van der Waals surface area contributed by atoms with Gasteiger partial charge in [0.15, 0.2) is 12.5 Å². The summed E-state index contributed by atoms with van der Waals surface area (Å²) in [5, 5.41) is 35.3. The van der Waals surface area contributed by atoms with E-state index in [2.05, 4.69) is 4.74 Å². The molecule has 0 radical (unpaired) electrons. The standard InChI is InChI=1S/C6H11FO5/c7-3-5(10)4(9)2(1-8)12-6(3)11/h2-6,8-11H,1H2. The van der Waals surface area contributed by atoms with Gasteiger partial charge in [0.1, 0.15) is 18.3 Å². The maximum atomic E-state index is 12.7. The Morgan fingerprint density at radius 1 is 1.17 bits per heavy atom. The fourth-order valence-electron chi connectivity index (χ4n) is 1.06. The Bertz CT molecular complexity index is 150. The van der Waals surface area contributed by atoms with E-state index in [1.807, 2.05) is 0 Å². The summed E-state index contributed by atoms with van der Waals surface area (Å²) in [6.07, 6.45) is -8.19. The van der Waals surface area contributed by atoms with Crippen molar-refractivity contribution in [3.05, 3.63) is 0 Å². The lowest BCUT2D eigenvalue weighted by molar-refractivity contribution is -0.271. The number of aliphatic hydroxyl groups excluding tert-OH is 4. The van der Waals surface area contributed by atoms with Gasteiger partial charge >= 0.3 is 0 Å². The summed E-state index contributed by atoms with van der Waals surface area (Å²) in [6, 6.07) is 0. The molecule has 1 rings (SSSR count). The molecule has 1 aliphatic rings. The van der Waals surface area contributed by atoms with E-state index in [1.165, 1.54) is 0 Å². The Kier molecular flexibility index (Phi) is 2.97. The van der Waals surface area contributed by atoms with E-state index in [-0.39, 0.29) is 0 Å². The van der Waals surface area contributed by atoms with Crippen LogP contribution in [0.4, 0.5) is 4.39 Å². The molecule has 0 aromatic rings. The zero-order valence-electron chi connectivity index (χ0n) is 6.17. The monoisotopic (exact) mass is 182 g/mol. The molecule has 0 aromatic heterocycles. The van der Waals surface area contributed by atoms with Crippen molar-refractivity contribution >= 4 is 0 Å². The van der Waals surface area contributed by atoms with Gasteiger partial charge in [-0.3, -0.25) is 0 Å².